The number of rotatable bonds is 6. The fourth-order valence-corrected chi connectivity index (χ4v) is 1.88. The molecular weight excluding hydrogens is 327 g/mol. The maximum absolute atomic E-state index is 13.1. The van der Waals surface area contributed by atoms with Crippen molar-refractivity contribution in [2.24, 2.45) is 0 Å². The summed E-state index contributed by atoms with van der Waals surface area (Å²) in [6, 6.07) is 9.68. The predicted molar refractivity (Wildman–Crippen MR) is 81.8 cm³/mol. The van der Waals surface area contributed by atoms with Gasteiger partial charge in [0.05, 0.1) is 4.92 Å². The Bertz CT molecular complexity index is 722. The van der Waals surface area contributed by atoms with Gasteiger partial charge in [0.2, 0.25) is 5.75 Å². The first-order chi connectivity index (χ1) is 11.0. The van der Waals surface area contributed by atoms with E-state index in [0.29, 0.717) is 5.02 Å². The molecule has 0 aliphatic heterocycles. The Balaban J connectivity index is 1.90. The van der Waals surface area contributed by atoms with Crippen LogP contribution in [0.1, 0.15) is 5.56 Å². The Labute approximate surface area is 136 Å². The van der Waals surface area contributed by atoms with Gasteiger partial charge in [0.25, 0.3) is 5.91 Å². The number of nitro benzene ring substituents is 1. The van der Waals surface area contributed by atoms with Gasteiger partial charge < -0.3 is 10.1 Å². The Morgan fingerprint density at radius 3 is 2.61 bits per heavy atom. The number of nitrogens with zero attached hydrogens (tertiary/aromatic N) is 1. The minimum atomic E-state index is -0.708. The molecule has 0 aromatic heterocycles. The first-order valence-electron chi connectivity index (χ1n) is 6.53. The molecule has 0 spiro atoms. The van der Waals surface area contributed by atoms with Crippen LogP contribution in [0.25, 0.3) is 0 Å². The molecule has 2 aromatic carbocycles. The van der Waals surface area contributed by atoms with Crippen LogP contribution in [-0.2, 0) is 11.3 Å². The van der Waals surface area contributed by atoms with Crippen LogP contribution < -0.4 is 10.1 Å². The Morgan fingerprint density at radius 1 is 1.26 bits per heavy atom. The molecule has 120 valence electrons. The standard InChI is InChI=1S/C15H12ClFN2O4/c16-11-3-1-10(2-4-11)8-18-15(20)9-23-14-7-12(17)5-6-13(14)19(21)22/h1-7H,8-9H2,(H,18,20). The second-order valence-corrected chi connectivity index (χ2v) is 5.00. The molecule has 6 nitrogen and oxygen atoms in total. The van der Waals surface area contributed by atoms with E-state index in [-0.39, 0.29) is 12.3 Å². The molecule has 0 radical (unpaired) electrons. The van der Waals surface area contributed by atoms with E-state index in [1.807, 2.05) is 0 Å². The first-order valence-corrected chi connectivity index (χ1v) is 6.91. The molecule has 0 saturated carbocycles. The number of nitro groups is 1. The van der Waals surface area contributed by atoms with Crippen molar-refractivity contribution in [3.05, 3.63) is 69.0 Å². The number of hydrogen-bond acceptors (Lipinski definition) is 4. The van der Waals surface area contributed by atoms with E-state index in [0.717, 1.165) is 23.8 Å². The van der Waals surface area contributed by atoms with Gasteiger partial charge in [0, 0.05) is 23.7 Å². The quantitative estimate of drug-likeness (QED) is 0.648. The van der Waals surface area contributed by atoms with Crippen molar-refractivity contribution in [3.8, 4) is 5.75 Å². The maximum Gasteiger partial charge on any atom is 0.311 e. The number of carbonyl (C=O) groups excluding carboxylic acids is 1. The normalized spacial score (nSPS) is 10.2. The van der Waals surface area contributed by atoms with Gasteiger partial charge in [-0.3, -0.25) is 14.9 Å². The molecule has 0 aliphatic carbocycles. The van der Waals surface area contributed by atoms with Gasteiger partial charge in [0.1, 0.15) is 5.82 Å². The van der Waals surface area contributed by atoms with Crippen molar-refractivity contribution in [1.82, 2.24) is 5.32 Å². The third kappa shape index (κ3) is 4.93. The van der Waals surface area contributed by atoms with Crippen LogP contribution in [-0.4, -0.2) is 17.4 Å². The second-order valence-electron chi connectivity index (χ2n) is 4.56. The van der Waals surface area contributed by atoms with Gasteiger partial charge in [0.15, 0.2) is 6.61 Å². The molecular formula is C15H12ClFN2O4. The van der Waals surface area contributed by atoms with E-state index in [9.17, 15) is 19.3 Å². The van der Waals surface area contributed by atoms with Gasteiger partial charge in [-0.15, -0.1) is 0 Å². The first kappa shape index (κ1) is 16.7. The molecule has 0 fully saturated rings. The average molecular weight is 339 g/mol. The lowest BCUT2D eigenvalue weighted by Gasteiger charge is -2.08. The molecule has 0 heterocycles. The number of halogens is 2. The average Bonchev–Trinajstić information content (AvgIpc) is 2.52. The number of amides is 1. The summed E-state index contributed by atoms with van der Waals surface area (Å²) in [7, 11) is 0. The summed E-state index contributed by atoms with van der Waals surface area (Å²) in [4.78, 5) is 21.8. The molecule has 0 saturated heterocycles. The molecule has 0 unspecified atom stereocenters. The maximum atomic E-state index is 13.1. The Hall–Kier alpha value is -2.67. The SMILES string of the molecule is O=C(COc1cc(F)ccc1[N+](=O)[O-])NCc1ccc(Cl)cc1. The fourth-order valence-electron chi connectivity index (χ4n) is 1.75. The summed E-state index contributed by atoms with van der Waals surface area (Å²) in [5, 5.41) is 14.0. The van der Waals surface area contributed by atoms with Crippen LogP contribution in [0.15, 0.2) is 42.5 Å². The lowest BCUT2D eigenvalue weighted by Crippen LogP contribution is -2.28. The van der Waals surface area contributed by atoms with E-state index in [1.165, 1.54) is 0 Å². The Morgan fingerprint density at radius 2 is 1.96 bits per heavy atom. The summed E-state index contributed by atoms with van der Waals surface area (Å²) in [5.74, 6) is -1.47. The van der Waals surface area contributed by atoms with Crippen LogP contribution in [0.5, 0.6) is 5.75 Å². The molecule has 1 amide bonds. The van der Waals surface area contributed by atoms with Gasteiger partial charge in [-0.2, -0.15) is 0 Å². The number of hydrogen-bond donors (Lipinski definition) is 1. The van der Waals surface area contributed by atoms with Crippen LogP contribution in [0, 0.1) is 15.9 Å². The highest BCUT2D eigenvalue weighted by molar-refractivity contribution is 6.30. The van der Waals surface area contributed by atoms with E-state index in [2.05, 4.69) is 5.32 Å². The summed E-state index contributed by atoms with van der Waals surface area (Å²) in [6.07, 6.45) is 0. The highest BCUT2D eigenvalue weighted by Crippen LogP contribution is 2.27. The predicted octanol–water partition coefficient (Wildman–Crippen LogP) is 3.08. The minimum Gasteiger partial charge on any atom is -0.477 e. The molecule has 0 aliphatic rings. The summed E-state index contributed by atoms with van der Waals surface area (Å²) in [6.45, 7) is -0.206. The minimum absolute atomic E-state index is 0.255. The third-order valence-electron chi connectivity index (χ3n) is 2.88. The molecule has 0 bridgehead atoms. The van der Waals surface area contributed by atoms with Crippen molar-refractivity contribution in [2.45, 2.75) is 6.54 Å². The van der Waals surface area contributed by atoms with Gasteiger partial charge in [-0.05, 0) is 23.8 Å². The van der Waals surface area contributed by atoms with E-state index in [4.69, 9.17) is 16.3 Å². The zero-order valence-electron chi connectivity index (χ0n) is 11.8. The van der Waals surface area contributed by atoms with Crippen LogP contribution in [0.4, 0.5) is 10.1 Å². The summed E-state index contributed by atoms with van der Waals surface area (Å²) >= 11 is 5.75. The van der Waals surface area contributed by atoms with Crippen molar-refractivity contribution in [3.63, 3.8) is 0 Å². The zero-order valence-corrected chi connectivity index (χ0v) is 12.5. The van der Waals surface area contributed by atoms with Crippen molar-refractivity contribution in [2.75, 3.05) is 6.61 Å². The highest BCUT2D eigenvalue weighted by Gasteiger charge is 2.17. The van der Waals surface area contributed by atoms with Crippen LogP contribution >= 0.6 is 11.6 Å². The van der Waals surface area contributed by atoms with Gasteiger partial charge >= 0.3 is 5.69 Å². The largest absolute Gasteiger partial charge is 0.477 e. The molecule has 2 rings (SSSR count). The summed E-state index contributed by atoms with van der Waals surface area (Å²) < 4.78 is 18.2. The Kier molecular flexibility index (Phi) is 5.48. The van der Waals surface area contributed by atoms with Crippen LogP contribution in [0.3, 0.4) is 0 Å². The number of nitrogens with one attached hydrogen (secondary N) is 1. The highest BCUT2D eigenvalue weighted by atomic mass is 35.5. The van der Waals surface area contributed by atoms with E-state index in [1.54, 1.807) is 24.3 Å². The van der Waals surface area contributed by atoms with E-state index >= 15 is 0 Å². The number of carbonyl (C=O) groups is 1. The van der Waals surface area contributed by atoms with Crippen molar-refractivity contribution >= 4 is 23.2 Å². The van der Waals surface area contributed by atoms with Crippen molar-refractivity contribution in [1.29, 1.82) is 0 Å². The van der Waals surface area contributed by atoms with Gasteiger partial charge in [-0.25, -0.2) is 4.39 Å². The van der Waals surface area contributed by atoms with Crippen LogP contribution in [0.2, 0.25) is 5.02 Å². The molecule has 2 aromatic rings. The molecule has 0 atom stereocenters. The summed E-state index contributed by atoms with van der Waals surface area (Å²) in [5.41, 5.74) is 0.427. The number of benzene rings is 2. The molecule has 23 heavy (non-hydrogen) atoms. The molecule has 1 N–H and O–H groups in total. The smallest absolute Gasteiger partial charge is 0.311 e. The fraction of sp³-hybridized carbons (Fsp3) is 0.133. The topological polar surface area (TPSA) is 81.5 Å². The monoisotopic (exact) mass is 338 g/mol. The third-order valence-corrected chi connectivity index (χ3v) is 3.13. The zero-order chi connectivity index (χ0) is 16.8. The van der Waals surface area contributed by atoms with Crippen molar-refractivity contribution < 1.29 is 18.8 Å². The van der Waals surface area contributed by atoms with Gasteiger partial charge in [-0.1, -0.05) is 23.7 Å². The lowest BCUT2D eigenvalue weighted by atomic mass is 10.2. The second kappa shape index (κ2) is 7.55. The molecule has 8 heteroatoms. The number of ether oxygens (including phenoxy) is 1. The lowest BCUT2D eigenvalue weighted by molar-refractivity contribution is -0.385. The van der Waals surface area contributed by atoms with E-state index < -0.39 is 28.9 Å².